The highest BCUT2D eigenvalue weighted by Gasteiger charge is 2.12. The molecule has 0 saturated heterocycles. The van der Waals surface area contributed by atoms with Crippen LogP contribution in [-0.4, -0.2) is 24.6 Å². The van der Waals surface area contributed by atoms with E-state index in [-0.39, 0.29) is 18.6 Å². The Bertz CT molecular complexity index is 1060. The summed E-state index contributed by atoms with van der Waals surface area (Å²) in [5.41, 5.74) is 2.50. The van der Waals surface area contributed by atoms with Gasteiger partial charge in [0.1, 0.15) is 5.75 Å². The number of carbonyl (C=O) groups excluding carboxylic acids is 2. The number of amides is 1. The molecule has 3 aromatic rings. The SMILES string of the molecule is CCCCc1ccc2c(C(=O)Nc3cccc(OCC(=O)OC(C)C)c3)cccc2c1. The van der Waals surface area contributed by atoms with Crippen molar-refractivity contribution in [3.05, 3.63) is 71.8 Å². The van der Waals surface area contributed by atoms with Crippen LogP contribution in [0.25, 0.3) is 10.8 Å². The van der Waals surface area contributed by atoms with Crippen LogP contribution in [0, 0.1) is 0 Å². The molecule has 3 rings (SSSR count). The van der Waals surface area contributed by atoms with E-state index in [2.05, 4.69) is 24.4 Å². The highest BCUT2D eigenvalue weighted by Crippen LogP contribution is 2.23. The van der Waals surface area contributed by atoms with Crippen LogP contribution in [0.3, 0.4) is 0 Å². The van der Waals surface area contributed by atoms with Gasteiger partial charge in [0.2, 0.25) is 0 Å². The van der Waals surface area contributed by atoms with Crippen molar-refractivity contribution < 1.29 is 19.1 Å². The average molecular weight is 420 g/mol. The summed E-state index contributed by atoms with van der Waals surface area (Å²) in [5, 5.41) is 4.90. The van der Waals surface area contributed by atoms with Crippen LogP contribution in [0.4, 0.5) is 5.69 Å². The Kier molecular flexibility index (Phi) is 7.65. The summed E-state index contributed by atoms with van der Waals surface area (Å²) in [6.07, 6.45) is 3.16. The summed E-state index contributed by atoms with van der Waals surface area (Å²) in [6.45, 7) is 5.57. The quantitative estimate of drug-likeness (QED) is 0.448. The molecule has 5 heteroatoms. The first-order valence-corrected chi connectivity index (χ1v) is 10.7. The molecule has 0 saturated carbocycles. The first kappa shape index (κ1) is 22.3. The van der Waals surface area contributed by atoms with Gasteiger partial charge in [-0.1, -0.05) is 49.7 Å². The molecule has 1 amide bonds. The van der Waals surface area contributed by atoms with Crippen molar-refractivity contribution >= 4 is 28.3 Å². The second-order valence-corrected chi connectivity index (χ2v) is 7.77. The maximum atomic E-state index is 13.0. The highest BCUT2D eigenvalue weighted by atomic mass is 16.6. The van der Waals surface area contributed by atoms with Crippen LogP contribution in [-0.2, 0) is 16.0 Å². The zero-order valence-electron chi connectivity index (χ0n) is 18.3. The molecule has 0 unspecified atom stereocenters. The van der Waals surface area contributed by atoms with Crippen molar-refractivity contribution in [2.45, 2.75) is 46.1 Å². The lowest BCUT2D eigenvalue weighted by molar-refractivity contribution is -0.149. The zero-order chi connectivity index (χ0) is 22.2. The summed E-state index contributed by atoms with van der Waals surface area (Å²) >= 11 is 0. The number of hydrogen-bond acceptors (Lipinski definition) is 4. The number of rotatable bonds is 9. The van der Waals surface area contributed by atoms with Gasteiger partial charge in [0.05, 0.1) is 6.10 Å². The summed E-state index contributed by atoms with van der Waals surface area (Å²) in [4.78, 5) is 24.6. The van der Waals surface area contributed by atoms with E-state index in [0.717, 1.165) is 30.0 Å². The largest absolute Gasteiger partial charge is 0.482 e. The fourth-order valence-corrected chi connectivity index (χ4v) is 3.37. The number of anilines is 1. The monoisotopic (exact) mass is 419 g/mol. The number of esters is 1. The molecule has 1 N–H and O–H groups in total. The van der Waals surface area contributed by atoms with Crippen molar-refractivity contribution in [1.29, 1.82) is 0 Å². The van der Waals surface area contributed by atoms with Gasteiger partial charge in [-0.05, 0) is 61.2 Å². The number of nitrogens with one attached hydrogen (secondary N) is 1. The van der Waals surface area contributed by atoms with Crippen molar-refractivity contribution in [2.75, 3.05) is 11.9 Å². The Hall–Kier alpha value is -3.34. The highest BCUT2D eigenvalue weighted by molar-refractivity contribution is 6.13. The third kappa shape index (κ3) is 6.32. The first-order valence-electron chi connectivity index (χ1n) is 10.7. The predicted molar refractivity (Wildman–Crippen MR) is 124 cm³/mol. The lowest BCUT2D eigenvalue weighted by Gasteiger charge is -2.12. The third-order valence-electron chi connectivity index (χ3n) is 4.82. The molecule has 0 aliphatic heterocycles. The van der Waals surface area contributed by atoms with Crippen molar-refractivity contribution in [1.82, 2.24) is 0 Å². The van der Waals surface area contributed by atoms with Crippen LogP contribution in [0.2, 0.25) is 0 Å². The number of aryl methyl sites for hydroxylation is 1. The van der Waals surface area contributed by atoms with E-state index < -0.39 is 5.97 Å². The van der Waals surface area contributed by atoms with E-state index >= 15 is 0 Å². The summed E-state index contributed by atoms with van der Waals surface area (Å²) in [6, 6.07) is 19.0. The van der Waals surface area contributed by atoms with Crippen LogP contribution < -0.4 is 10.1 Å². The van der Waals surface area contributed by atoms with E-state index in [1.807, 2.05) is 24.3 Å². The van der Waals surface area contributed by atoms with Gasteiger partial charge in [-0.3, -0.25) is 4.79 Å². The minimum atomic E-state index is -0.432. The number of hydrogen-bond donors (Lipinski definition) is 1. The smallest absolute Gasteiger partial charge is 0.344 e. The minimum absolute atomic E-state index is 0.181. The molecule has 0 aromatic heterocycles. The number of fused-ring (bicyclic) bond motifs is 1. The van der Waals surface area contributed by atoms with E-state index in [1.165, 1.54) is 5.56 Å². The van der Waals surface area contributed by atoms with Crippen molar-refractivity contribution in [3.8, 4) is 5.75 Å². The molecular formula is C26H29NO4. The maximum Gasteiger partial charge on any atom is 0.344 e. The second kappa shape index (κ2) is 10.6. The number of carbonyl (C=O) groups is 2. The number of benzene rings is 3. The molecule has 0 bridgehead atoms. The molecule has 0 atom stereocenters. The van der Waals surface area contributed by atoms with Crippen LogP contribution in [0.15, 0.2) is 60.7 Å². The molecule has 162 valence electrons. The number of ether oxygens (including phenoxy) is 2. The Morgan fingerprint density at radius 3 is 2.58 bits per heavy atom. The molecular weight excluding hydrogens is 390 g/mol. The van der Waals surface area contributed by atoms with E-state index in [1.54, 1.807) is 38.1 Å². The standard InChI is InChI=1S/C26H29NO4/c1-4-5-8-19-13-14-23-20(15-19)9-6-12-24(23)26(29)27-21-10-7-11-22(16-21)30-17-25(28)31-18(2)3/h6-7,9-16,18H,4-5,8,17H2,1-3H3,(H,27,29). The van der Waals surface area contributed by atoms with Gasteiger partial charge in [-0.2, -0.15) is 0 Å². The first-order chi connectivity index (χ1) is 15.0. The van der Waals surface area contributed by atoms with Crippen molar-refractivity contribution in [2.24, 2.45) is 0 Å². The van der Waals surface area contributed by atoms with Crippen LogP contribution >= 0.6 is 0 Å². The summed E-state index contributed by atoms with van der Waals surface area (Å²) in [7, 11) is 0. The predicted octanol–water partition coefficient (Wildman–Crippen LogP) is 5.77. The summed E-state index contributed by atoms with van der Waals surface area (Å²) in [5.74, 6) is -0.140. The normalized spacial score (nSPS) is 10.8. The Labute approximate surface area is 183 Å². The topological polar surface area (TPSA) is 64.6 Å². The van der Waals surface area contributed by atoms with E-state index in [9.17, 15) is 9.59 Å². The van der Waals surface area contributed by atoms with E-state index in [0.29, 0.717) is 17.0 Å². The molecule has 0 radical (unpaired) electrons. The third-order valence-corrected chi connectivity index (χ3v) is 4.82. The Balaban J connectivity index is 1.71. The molecule has 3 aromatic carbocycles. The van der Waals surface area contributed by atoms with Gasteiger partial charge in [0, 0.05) is 17.3 Å². The molecule has 0 spiro atoms. The molecule has 0 aliphatic rings. The van der Waals surface area contributed by atoms with Gasteiger partial charge in [-0.15, -0.1) is 0 Å². The molecule has 31 heavy (non-hydrogen) atoms. The fraction of sp³-hybridized carbons (Fsp3) is 0.308. The van der Waals surface area contributed by atoms with Gasteiger partial charge in [0.25, 0.3) is 5.91 Å². The maximum absolute atomic E-state index is 13.0. The van der Waals surface area contributed by atoms with Crippen LogP contribution in [0.5, 0.6) is 5.75 Å². The average Bonchev–Trinajstić information content (AvgIpc) is 2.75. The van der Waals surface area contributed by atoms with Gasteiger partial charge < -0.3 is 14.8 Å². The Morgan fingerprint density at radius 1 is 1.00 bits per heavy atom. The van der Waals surface area contributed by atoms with Gasteiger partial charge >= 0.3 is 5.97 Å². The van der Waals surface area contributed by atoms with E-state index in [4.69, 9.17) is 9.47 Å². The summed E-state index contributed by atoms with van der Waals surface area (Å²) < 4.78 is 10.5. The minimum Gasteiger partial charge on any atom is -0.482 e. The van der Waals surface area contributed by atoms with Gasteiger partial charge in [-0.25, -0.2) is 4.79 Å². The molecule has 0 fully saturated rings. The molecule has 0 aliphatic carbocycles. The number of unbranched alkanes of at least 4 members (excludes halogenated alkanes) is 1. The molecule has 0 heterocycles. The lowest BCUT2D eigenvalue weighted by Crippen LogP contribution is -2.18. The fourth-order valence-electron chi connectivity index (χ4n) is 3.37. The van der Waals surface area contributed by atoms with Gasteiger partial charge in [0.15, 0.2) is 6.61 Å². The lowest BCUT2D eigenvalue weighted by atomic mass is 9.99. The second-order valence-electron chi connectivity index (χ2n) is 7.77. The zero-order valence-corrected chi connectivity index (χ0v) is 18.3. The van der Waals surface area contributed by atoms with Crippen LogP contribution in [0.1, 0.15) is 49.5 Å². The van der Waals surface area contributed by atoms with Crippen molar-refractivity contribution in [3.63, 3.8) is 0 Å². The molecule has 5 nitrogen and oxygen atoms in total. The Morgan fingerprint density at radius 2 is 1.81 bits per heavy atom.